The average molecular weight is 429 g/mol. The molecule has 0 aliphatic rings. The Labute approximate surface area is 167 Å². The van der Waals surface area contributed by atoms with Crippen molar-refractivity contribution in [1.29, 1.82) is 0 Å². The summed E-state index contributed by atoms with van der Waals surface area (Å²) in [6, 6.07) is 4.29. The monoisotopic (exact) mass is 428 g/mol. The fourth-order valence-electron chi connectivity index (χ4n) is 2.42. The second-order valence-electron chi connectivity index (χ2n) is 7.11. The SMILES string of the molecule is CCC(C)n1cnc(S(=O)(=O)Nc2cc(S(=O)(=O)N(C)C(C)C)ccc2C)c1. The molecular weight excluding hydrogens is 400 g/mol. The van der Waals surface area contributed by atoms with Crippen molar-refractivity contribution >= 4 is 25.7 Å². The first-order chi connectivity index (χ1) is 12.9. The number of sulfonamides is 2. The molecule has 0 aliphatic heterocycles. The van der Waals surface area contributed by atoms with Gasteiger partial charge in [0, 0.05) is 25.3 Å². The van der Waals surface area contributed by atoms with Gasteiger partial charge in [-0.1, -0.05) is 13.0 Å². The number of aryl methyl sites for hydroxylation is 1. The molecular formula is C18H28N4O4S2. The molecule has 0 spiro atoms. The molecule has 28 heavy (non-hydrogen) atoms. The van der Waals surface area contributed by atoms with Gasteiger partial charge in [0.2, 0.25) is 10.0 Å². The predicted molar refractivity (Wildman–Crippen MR) is 109 cm³/mol. The van der Waals surface area contributed by atoms with Crippen molar-refractivity contribution in [3.8, 4) is 0 Å². The molecule has 156 valence electrons. The lowest BCUT2D eigenvalue weighted by molar-refractivity contribution is 0.410. The summed E-state index contributed by atoms with van der Waals surface area (Å²) < 4.78 is 56.3. The van der Waals surface area contributed by atoms with Crippen LogP contribution in [0.15, 0.2) is 40.6 Å². The minimum atomic E-state index is -3.95. The Morgan fingerprint density at radius 3 is 2.39 bits per heavy atom. The third-order valence-electron chi connectivity index (χ3n) is 4.81. The smallest absolute Gasteiger partial charge is 0.280 e. The highest BCUT2D eigenvalue weighted by atomic mass is 32.2. The summed E-state index contributed by atoms with van der Waals surface area (Å²) in [7, 11) is -6.18. The largest absolute Gasteiger partial charge is 0.333 e. The molecule has 10 heteroatoms. The minimum Gasteiger partial charge on any atom is -0.333 e. The van der Waals surface area contributed by atoms with E-state index in [1.54, 1.807) is 31.4 Å². The second-order valence-corrected chi connectivity index (χ2v) is 10.7. The first-order valence-corrected chi connectivity index (χ1v) is 12.0. The molecule has 1 N–H and O–H groups in total. The van der Waals surface area contributed by atoms with Crippen LogP contribution < -0.4 is 4.72 Å². The van der Waals surface area contributed by atoms with Crippen LogP contribution in [0.4, 0.5) is 5.69 Å². The number of hydrogen-bond acceptors (Lipinski definition) is 5. The minimum absolute atomic E-state index is 0.0251. The van der Waals surface area contributed by atoms with Gasteiger partial charge in [-0.3, -0.25) is 4.72 Å². The standard InChI is InChI=1S/C18H28N4O4S2/c1-7-15(5)22-11-18(19-12-22)27(23,24)20-17-10-16(9-8-14(17)4)28(25,26)21(6)13(2)3/h8-13,15,20H,7H2,1-6H3. The van der Waals surface area contributed by atoms with Crippen molar-refractivity contribution in [1.82, 2.24) is 13.9 Å². The van der Waals surface area contributed by atoms with Gasteiger partial charge in [0.1, 0.15) is 0 Å². The maximum absolute atomic E-state index is 12.7. The normalized spacial score (nSPS) is 13.9. The van der Waals surface area contributed by atoms with Crippen LogP contribution in [0.5, 0.6) is 0 Å². The zero-order valence-electron chi connectivity index (χ0n) is 17.0. The van der Waals surface area contributed by atoms with E-state index in [0.29, 0.717) is 5.56 Å². The number of benzene rings is 1. The third-order valence-corrected chi connectivity index (χ3v) is 8.09. The molecule has 0 radical (unpaired) electrons. The lowest BCUT2D eigenvalue weighted by Crippen LogP contribution is -2.33. The summed E-state index contributed by atoms with van der Waals surface area (Å²) >= 11 is 0. The van der Waals surface area contributed by atoms with Crippen LogP contribution in [0.3, 0.4) is 0 Å². The van der Waals surface area contributed by atoms with Gasteiger partial charge in [-0.05, 0) is 51.8 Å². The molecule has 0 amide bonds. The molecule has 1 aromatic heterocycles. The Kier molecular flexibility index (Phi) is 6.57. The molecule has 1 heterocycles. The van der Waals surface area contributed by atoms with Gasteiger partial charge in [-0.25, -0.2) is 13.4 Å². The van der Waals surface area contributed by atoms with E-state index < -0.39 is 20.0 Å². The molecule has 0 saturated heterocycles. The molecule has 1 aromatic carbocycles. The molecule has 0 aliphatic carbocycles. The molecule has 1 atom stereocenters. The van der Waals surface area contributed by atoms with Crippen LogP contribution in [-0.4, -0.2) is 43.8 Å². The van der Waals surface area contributed by atoms with Crippen LogP contribution >= 0.6 is 0 Å². The summed E-state index contributed by atoms with van der Waals surface area (Å²) in [5.74, 6) is 0. The second kappa shape index (κ2) is 8.22. The Morgan fingerprint density at radius 1 is 1.18 bits per heavy atom. The first-order valence-electron chi connectivity index (χ1n) is 9.05. The van der Waals surface area contributed by atoms with E-state index >= 15 is 0 Å². The van der Waals surface area contributed by atoms with Crippen molar-refractivity contribution in [2.45, 2.75) is 63.0 Å². The lowest BCUT2D eigenvalue weighted by Gasteiger charge is -2.21. The highest BCUT2D eigenvalue weighted by molar-refractivity contribution is 7.92. The van der Waals surface area contributed by atoms with Crippen molar-refractivity contribution < 1.29 is 16.8 Å². The van der Waals surface area contributed by atoms with Gasteiger partial charge < -0.3 is 4.57 Å². The third kappa shape index (κ3) is 4.56. The maximum Gasteiger partial charge on any atom is 0.280 e. The van der Waals surface area contributed by atoms with Crippen molar-refractivity contribution in [2.24, 2.45) is 0 Å². The van der Waals surface area contributed by atoms with E-state index in [2.05, 4.69) is 9.71 Å². The Bertz CT molecular complexity index is 1040. The van der Waals surface area contributed by atoms with E-state index in [1.807, 2.05) is 13.8 Å². The van der Waals surface area contributed by atoms with Gasteiger partial charge >= 0.3 is 0 Å². The quantitative estimate of drug-likeness (QED) is 0.696. The van der Waals surface area contributed by atoms with Gasteiger partial charge in [0.05, 0.1) is 16.9 Å². The van der Waals surface area contributed by atoms with Crippen LogP contribution in [0.25, 0.3) is 0 Å². The van der Waals surface area contributed by atoms with Crippen molar-refractivity contribution in [3.05, 3.63) is 36.3 Å². The molecule has 8 nitrogen and oxygen atoms in total. The fraction of sp³-hybridized carbons (Fsp3) is 0.500. The van der Waals surface area contributed by atoms with Crippen LogP contribution in [-0.2, 0) is 20.0 Å². The average Bonchev–Trinajstić information content (AvgIpc) is 3.13. The van der Waals surface area contributed by atoms with Crippen molar-refractivity contribution in [2.75, 3.05) is 11.8 Å². The number of hydrogen-bond donors (Lipinski definition) is 1. The topological polar surface area (TPSA) is 101 Å². The van der Waals surface area contributed by atoms with E-state index in [1.165, 1.54) is 36.0 Å². The highest BCUT2D eigenvalue weighted by Crippen LogP contribution is 2.25. The summed E-state index contributed by atoms with van der Waals surface area (Å²) in [5.41, 5.74) is 0.812. The van der Waals surface area contributed by atoms with Gasteiger partial charge in [0.15, 0.2) is 5.03 Å². The summed E-state index contributed by atoms with van der Waals surface area (Å²) in [4.78, 5) is 4.02. The predicted octanol–water partition coefficient (Wildman–Crippen LogP) is 2.99. The molecule has 2 rings (SSSR count). The van der Waals surface area contributed by atoms with Crippen LogP contribution in [0.2, 0.25) is 0 Å². The maximum atomic E-state index is 12.7. The van der Waals surface area contributed by atoms with Gasteiger partial charge in [-0.2, -0.15) is 12.7 Å². The van der Waals surface area contributed by atoms with Gasteiger partial charge in [0.25, 0.3) is 10.0 Å². The zero-order chi connectivity index (χ0) is 21.3. The molecule has 0 fully saturated rings. The molecule has 2 aromatic rings. The molecule has 1 unspecified atom stereocenters. The van der Waals surface area contributed by atoms with Crippen LogP contribution in [0, 0.1) is 6.92 Å². The summed E-state index contributed by atoms with van der Waals surface area (Å²) in [6.07, 6.45) is 3.79. The van der Waals surface area contributed by atoms with E-state index in [4.69, 9.17) is 0 Å². The zero-order valence-corrected chi connectivity index (χ0v) is 18.7. The van der Waals surface area contributed by atoms with E-state index in [9.17, 15) is 16.8 Å². The number of nitrogens with one attached hydrogen (secondary N) is 1. The van der Waals surface area contributed by atoms with Crippen LogP contribution in [0.1, 0.15) is 45.7 Å². The molecule has 0 bridgehead atoms. The fourth-order valence-corrected chi connectivity index (χ4v) is 4.88. The Morgan fingerprint density at radius 2 is 1.82 bits per heavy atom. The number of aromatic nitrogens is 2. The number of anilines is 1. The number of nitrogens with zero attached hydrogens (tertiary/aromatic N) is 3. The lowest BCUT2D eigenvalue weighted by atomic mass is 10.2. The van der Waals surface area contributed by atoms with Crippen molar-refractivity contribution in [3.63, 3.8) is 0 Å². The van der Waals surface area contributed by atoms with Gasteiger partial charge in [-0.15, -0.1) is 0 Å². The summed E-state index contributed by atoms with van der Waals surface area (Å²) in [5, 5.41) is -0.111. The number of rotatable bonds is 8. The highest BCUT2D eigenvalue weighted by Gasteiger charge is 2.25. The molecule has 0 saturated carbocycles. The Balaban J connectivity index is 2.39. The van der Waals surface area contributed by atoms with E-state index in [0.717, 1.165) is 6.42 Å². The van der Waals surface area contributed by atoms with E-state index in [-0.39, 0.29) is 27.7 Å². The number of imidazole rings is 1. The Hall–Kier alpha value is -1.91. The summed E-state index contributed by atoms with van der Waals surface area (Å²) in [6.45, 7) is 9.21. The first kappa shape index (κ1) is 22.4.